The third-order valence-corrected chi connectivity index (χ3v) is 4.95. The molecule has 0 aliphatic heterocycles. The second-order valence-electron chi connectivity index (χ2n) is 7.17. The second kappa shape index (κ2) is 8.79. The van der Waals surface area contributed by atoms with Crippen LogP contribution in [0.3, 0.4) is 0 Å². The molecule has 0 aliphatic rings. The van der Waals surface area contributed by atoms with Crippen molar-refractivity contribution in [3.63, 3.8) is 0 Å². The summed E-state index contributed by atoms with van der Waals surface area (Å²) in [6.07, 6.45) is 2.61. The number of aromatic nitrogens is 1. The average Bonchev–Trinajstić information content (AvgIpc) is 3.07. The predicted molar refractivity (Wildman–Crippen MR) is 115 cm³/mol. The Kier molecular flexibility index (Phi) is 6.19. The Bertz CT molecular complexity index is 970. The van der Waals surface area contributed by atoms with Crippen molar-refractivity contribution in [2.45, 2.75) is 39.8 Å². The molecule has 0 unspecified atom stereocenters. The minimum Gasteiger partial charge on any atom is -0.489 e. The van der Waals surface area contributed by atoms with Gasteiger partial charge in [0.15, 0.2) is 0 Å². The molecule has 3 aromatic rings. The highest BCUT2D eigenvalue weighted by atomic mass is 16.5. The summed E-state index contributed by atoms with van der Waals surface area (Å²) in [5.41, 5.74) is 4.00. The van der Waals surface area contributed by atoms with E-state index in [4.69, 9.17) is 4.74 Å². The molecule has 0 fully saturated rings. The minimum absolute atomic E-state index is 0.0627. The van der Waals surface area contributed by atoms with Crippen molar-refractivity contribution in [2.24, 2.45) is 0 Å². The summed E-state index contributed by atoms with van der Waals surface area (Å²) in [6, 6.07) is 16.4. The van der Waals surface area contributed by atoms with Crippen molar-refractivity contribution in [3.05, 3.63) is 78.0 Å². The van der Waals surface area contributed by atoms with Crippen molar-refractivity contribution in [3.8, 4) is 5.75 Å². The predicted octanol–water partition coefficient (Wildman–Crippen LogP) is 5.09. The van der Waals surface area contributed by atoms with Crippen LogP contribution in [0.25, 0.3) is 10.9 Å². The van der Waals surface area contributed by atoms with Gasteiger partial charge in [0.1, 0.15) is 18.1 Å². The number of fused-ring (bicyclic) bond motifs is 1. The molecule has 146 valence electrons. The zero-order chi connectivity index (χ0) is 20.1. The number of ether oxygens (including phenoxy) is 1. The van der Waals surface area contributed by atoms with E-state index >= 15 is 0 Å². The highest BCUT2D eigenvalue weighted by Crippen LogP contribution is 2.30. The lowest BCUT2D eigenvalue weighted by Crippen LogP contribution is -2.33. The highest BCUT2D eigenvalue weighted by Gasteiger charge is 2.19. The Labute approximate surface area is 166 Å². The first kappa shape index (κ1) is 19.7. The normalized spacial score (nSPS) is 12.0. The molecule has 0 spiro atoms. The maximum Gasteiger partial charge on any atom is 0.268 e. The summed E-state index contributed by atoms with van der Waals surface area (Å²) in [4.78, 5) is 13.0. The van der Waals surface area contributed by atoms with E-state index in [9.17, 15) is 4.79 Å². The van der Waals surface area contributed by atoms with Crippen LogP contribution in [0.4, 0.5) is 0 Å². The first-order valence-corrected chi connectivity index (χ1v) is 9.75. The summed E-state index contributed by atoms with van der Waals surface area (Å²) in [7, 11) is 0. The maximum atomic E-state index is 13.0. The smallest absolute Gasteiger partial charge is 0.268 e. The molecule has 1 amide bonds. The Balaban J connectivity index is 2.08. The molecule has 28 heavy (non-hydrogen) atoms. The van der Waals surface area contributed by atoms with Gasteiger partial charge in [-0.3, -0.25) is 4.79 Å². The van der Waals surface area contributed by atoms with Crippen LogP contribution in [-0.2, 0) is 6.54 Å². The molecule has 1 aromatic heterocycles. The van der Waals surface area contributed by atoms with E-state index in [0.717, 1.165) is 28.6 Å². The van der Waals surface area contributed by atoms with E-state index < -0.39 is 0 Å². The van der Waals surface area contributed by atoms with Crippen LogP contribution in [0.5, 0.6) is 5.75 Å². The van der Waals surface area contributed by atoms with Crippen molar-refractivity contribution >= 4 is 16.8 Å². The van der Waals surface area contributed by atoms with Crippen LogP contribution in [0.1, 0.15) is 41.9 Å². The van der Waals surface area contributed by atoms with Gasteiger partial charge in [-0.2, -0.15) is 0 Å². The maximum absolute atomic E-state index is 13.0. The Hall–Kier alpha value is -3.01. The highest BCUT2D eigenvalue weighted by molar-refractivity contribution is 6.00. The number of carbonyl (C=O) groups excluding carboxylic acids is 1. The fourth-order valence-electron chi connectivity index (χ4n) is 3.17. The van der Waals surface area contributed by atoms with Crippen molar-refractivity contribution in [1.29, 1.82) is 0 Å². The molecule has 1 atom stereocenters. The minimum atomic E-state index is -0.0627. The molecule has 1 N–H and O–H groups in total. The van der Waals surface area contributed by atoms with Crippen LogP contribution in [-0.4, -0.2) is 23.1 Å². The van der Waals surface area contributed by atoms with Crippen LogP contribution in [0, 0.1) is 6.92 Å². The van der Waals surface area contributed by atoms with Gasteiger partial charge in [0.25, 0.3) is 5.91 Å². The van der Waals surface area contributed by atoms with Crippen molar-refractivity contribution < 1.29 is 9.53 Å². The van der Waals surface area contributed by atoms with Crippen molar-refractivity contribution in [2.75, 3.05) is 6.61 Å². The van der Waals surface area contributed by atoms with Crippen LogP contribution in [0.15, 0.2) is 61.2 Å². The molecule has 4 heteroatoms. The Morgan fingerprint density at radius 3 is 2.68 bits per heavy atom. The Morgan fingerprint density at radius 1 is 1.25 bits per heavy atom. The molecule has 0 saturated carbocycles. The van der Waals surface area contributed by atoms with Gasteiger partial charge in [-0.15, -0.1) is 0 Å². The molecular formula is C24H28N2O2. The van der Waals surface area contributed by atoms with Gasteiger partial charge < -0.3 is 14.6 Å². The lowest BCUT2D eigenvalue weighted by Gasteiger charge is -2.14. The van der Waals surface area contributed by atoms with E-state index in [2.05, 4.69) is 54.6 Å². The van der Waals surface area contributed by atoms with E-state index in [1.165, 1.54) is 5.56 Å². The number of rotatable bonds is 8. The number of nitrogens with zero attached hydrogens (tertiary/aromatic N) is 1. The molecule has 0 bridgehead atoms. The molecule has 0 radical (unpaired) electrons. The number of amides is 1. The first-order chi connectivity index (χ1) is 13.5. The van der Waals surface area contributed by atoms with Crippen LogP contribution < -0.4 is 10.1 Å². The molecule has 2 aromatic carbocycles. The van der Waals surface area contributed by atoms with Gasteiger partial charge in [-0.1, -0.05) is 55.5 Å². The number of aryl methyl sites for hydroxylation is 1. The van der Waals surface area contributed by atoms with Gasteiger partial charge >= 0.3 is 0 Å². The standard InChI is InChI=1S/C24H28N2O2/c1-5-14-28-23-9-7-8-21-20(23)15-22(24(27)25-18(4)6-2)26(21)16-19-12-10-17(3)11-13-19/h5,7-13,15,18H,1,6,14,16H2,2-4H3,(H,25,27)/t18-/m0/s1. The average molecular weight is 377 g/mol. The van der Waals surface area contributed by atoms with Gasteiger partial charge in [0.05, 0.1) is 5.52 Å². The number of nitrogens with one attached hydrogen (secondary N) is 1. The fourth-order valence-corrected chi connectivity index (χ4v) is 3.17. The van der Waals surface area contributed by atoms with Crippen molar-refractivity contribution in [1.82, 2.24) is 9.88 Å². The zero-order valence-corrected chi connectivity index (χ0v) is 16.9. The topological polar surface area (TPSA) is 43.3 Å². The van der Waals surface area contributed by atoms with E-state index in [-0.39, 0.29) is 11.9 Å². The lowest BCUT2D eigenvalue weighted by atomic mass is 10.1. The number of hydrogen-bond donors (Lipinski definition) is 1. The number of carbonyl (C=O) groups is 1. The summed E-state index contributed by atoms with van der Waals surface area (Å²) in [5, 5.41) is 4.02. The van der Waals surface area contributed by atoms with Gasteiger partial charge in [-0.05, 0) is 44.0 Å². The molecule has 4 nitrogen and oxygen atoms in total. The lowest BCUT2D eigenvalue weighted by molar-refractivity contribution is 0.0931. The SMILES string of the molecule is C=CCOc1cccc2c1cc(C(=O)N[C@@H](C)CC)n2Cc1ccc(C)cc1. The molecular weight excluding hydrogens is 348 g/mol. The van der Waals surface area contributed by atoms with Crippen LogP contribution in [0.2, 0.25) is 0 Å². The summed E-state index contributed by atoms with van der Waals surface area (Å²) >= 11 is 0. The van der Waals surface area contributed by atoms with E-state index in [1.807, 2.05) is 31.2 Å². The van der Waals surface area contributed by atoms with Gasteiger partial charge in [0.2, 0.25) is 0 Å². The summed E-state index contributed by atoms with van der Waals surface area (Å²) in [6.45, 7) is 10.9. The fraction of sp³-hybridized carbons (Fsp3) is 0.292. The number of hydrogen-bond acceptors (Lipinski definition) is 2. The largest absolute Gasteiger partial charge is 0.489 e. The van der Waals surface area contributed by atoms with Gasteiger partial charge in [-0.25, -0.2) is 0 Å². The van der Waals surface area contributed by atoms with E-state index in [0.29, 0.717) is 18.8 Å². The molecule has 0 aliphatic carbocycles. The Morgan fingerprint density at radius 2 is 2.00 bits per heavy atom. The number of benzene rings is 2. The monoisotopic (exact) mass is 376 g/mol. The third-order valence-electron chi connectivity index (χ3n) is 4.95. The summed E-state index contributed by atoms with van der Waals surface area (Å²) < 4.78 is 7.89. The zero-order valence-electron chi connectivity index (χ0n) is 16.9. The quantitative estimate of drug-likeness (QED) is 0.556. The third kappa shape index (κ3) is 4.28. The van der Waals surface area contributed by atoms with E-state index in [1.54, 1.807) is 6.08 Å². The van der Waals surface area contributed by atoms with Crippen LogP contribution >= 0.6 is 0 Å². The first-order valence-electron chi connectivity index (χ1n) is 9.75. The second-order valence-corrected chi connectivity index (χ2v) is 7.17. The summed E-state index contributed by atoms with van der Waals surface area (Å²) in [5.74, 6) is 0.699. The molecule has 3 rings (SSSR count). The van der Waals surface area contributed by atoms with Gasteiger partial charge in [0, 0.05) is 18.0 Å². The molecule has 1 heterocycles. The molecule has 0 saturated heterocycles.